The summed E-state index contributed by atoms with van der Waals surface area (Å²) in [5.74, 6) is 5.27. The summed E-state index contributed by atoms with van der Waals surface area (Å²) in [5.41, 5.74) is 0.252. The van der Waals surface area contributed by atoms with Crippen molar-refractivity contribution in [1.82, 2.24) is 19.5 Å². The van der Waals surface area contributed by atoms with Gasteiger partial charge in [-0.1, -0.05) is 36.8 Å². The Hall–Kier alpha value is -3.20. The Labute approximate surface area is 211 Å². The van der Waals surface area contributed by atoms with Gasteiger partial charge in [0.1, 0.15) is 24.6 Å². The molecule has 2 aromatic heterocycles. The summed E-state index contributed by atoms with van der Waals surface area (Å²) >= 11 is 0. The first-order chi connectivity index (χ1) is 17.7. The first-order valence-electron chi connectivity index (χ1n) is 12.3. The van der Waals surface area contributed by atoms with Gasteiger partial charge >= 0.3 is 6.18 Å². The second-order valence-electron chi connectivity index (χ2n) is 10.00. The zero-order valence-electron chi connectivity index (χ0n) is 20.3. The van der Waals surface area contributed by atoms with E-state index in [1.807, 2.05) is 0 Å². The molecule has 0 unspecified atom stereocenters. The van der Waals surface area contributed by atoms with Gasteiger partial charge in [-0.2, -0.15) is 13.2 Å². The third-order valence-electron chi connectivity index (χ3n) is 6.94. The van der Waals surface area contributed by atoms with E-state index in [4.69, 9.17) is 14.2 Å². The summed E-state index contributed by atoms with van der Waals surface area (Å²) in [6, 6.07) is 5.56. The van der Waals surface area contributed by atoms with Crippen molar-refractivity contribution in [2.75, 3.05) is 5.32 Å². The van der Waals surface area contributed by atoms with Crippen LogP contribution in [0.5, 0.6) is 0 Å². The predicted molar refractivity (Wildman–Crippen MR) is 127 cm³/mol. The van der Waals surface area contributed by atoms with Crippen molar-refractivity contribution < 1.29 is 27.4 Å². The quantitative estimate of drug-likeness (QED) is 0.510. The number of rotatable bonds is 3. The van der Waals surface area contributed by atoms with Crippen LogP contribution in [0.25, 0.3) is 11.2 Å². The number of alkyl halides is 3. The third-order valence-corrected chi connectivity index (χ3v) is 6.94. The molecule has 2 aliphatic heterocycles. The summed E-state index contributed by atoms with van der Waals surface area (Å²) in [6.07, 6.45) is 0.421. The van der Waals surface area contributed by atoms with E-state index in [0.717, 1.165) is 18.9 Å². The van der Waals surface area contributed by atoms with Crippen LogP contribution in [-0.4, -0.2) is 49.7 Å². The molecule has 194 valence electrons. The van der Waals surface area contributed by atoms with Crippen molar-refractivity contribution in [1.29, 1.82) is 0 Å². The molecule has 2 saturated heterocycles. The van der Waals surface area contributed by atoms with Crippen LogP contribution in [0.3, 0.4) is 0 Å². The van der Waals surface area contributed by atoms with Gasteiger partial charge in [0.2, 0.25) is 0 Å². The van der Waals surface area contributed by atoms with Crippen LogP contribution >= 0.6 is 0 Å². The smallest absolute Gasteiger partial charge is 0.365 e. The lowest BCUT2D eigenvalue weighted by Gasteiger charge is -2.23. The zero-order chi connectivity index (χ0) is 25.8. The highest BCUT2D eigenvalue weighted by atomic mass is 19.4. The third kappa shape index (κ3) is 4.54. The highest BCUT2D eigenvalue weighted by Crippen LogP contribution is 2.44. The fourth-order valence-corrected chi connectivity index (χ4v) is 5.31. The number of aromatic nitrogens is 4. The van der Waals surface area contributed by atoms with Gasteiger partial charge in [0.15, 0.2) is 29.0 Å². The Balaban J connectivity index is 1.33. The molecule has 0 amide bonds. The molecule has 0 bridgehead atoms. The minimum Gasteiger partial charge on any atom is -0.365 e. The molecular formula is C26H26F3N5O3. The Morgan fingerprint density at radius 3 is 2.59 bits per heavy atom. The molecule has 1 aromatic carbocycles. The molecule has 0 spiro atoms. The molecule has 1 saturated carbocycles. The number of anilines is 1. The minimum atomic E-state index is -4.51. The van der Waals surface area contributed by atoms with E-state index in [1.165, 1.54) is 37.4 Å². The number of fused-ring (bicyclic) bond motifs is 2. The molecule has 4 atom stereocenters. The second kappa shape index (κ2) is 8.97. The van der Waals surface area contributed by atoms with Gasteiger partial charge in [-0.15, -0.1) is 0 Å². The maximum atomic E-state index is 13.5. The Morgan fingerprint density at radius 1 is 1.05 bits per heavy atom. The van der Waals surface area contributed by atoms with Crippen molar-refractivity contribution in [3.05, 3.63) is 48.0 Å². The minimum absolute atomic E-state index is 0.125. The first kappa shape index (κ1) is 24.2. The monoisotopic (exact) mass is 513 g/mol. The van der Waals surface area contributed by atoms with Crippen LogP contribution in [0.4, 0.5) is 19.0 Å². The van der Waals surface area contributed by atoms with Gasteiger partial charge in [-0.25, -0.2) is 15.0 Å². The normalized spacial score (nSPS) is 27.3. The summed E-state index contributed by atoms with van der Waals surface area (Å²) in [4.78, 5) is 13.4. The average Bonchev–Trinajstić information content (AvgIpc) is 3.62. The van der Waals surface area contributed by atoms with Crippen LogP contribution in [0.1, 0.15) is 56.9 Å². The van der Waals surface area contributed by atoms with Crippen LogP contribution in [0.2, 0.25) is 0 Å². The maximum absolute atomic E-state index is 13.5. The molecule has 0 radical (unpaired) electrons. The molecule has 6 rings (SSSR count). The fraction of sp³-hybridized carbons (Fsp3) is 0.500. The molecule has 3 aliphatic rings. The van der Waals surface area contributed by atoms with Crippen molar-refractivity contribution >= 4 is 17.0 Å². The number of imidazole rings is 1. The molecule has 1 aliphatic carbocycles. The van der Waals surface area contributed by atoms with E-state index >= 15 is 0 Å². The largest absolute Gasteiger partial charge is 0.417 e. The van der Waals surface area contributed by atoms with E-state index in [9.17, 15) is 13.2 Å². The number of ether oxygens (including phenoxy) is 3. The van der Waals surface area contributed by atoms with Gasteiger partial charge in [0, 0.05) is 11.6 Å². The SMILES string of the molecule is CC1(C)O[C@H]2[C@H](O1)[C@@H](C#Cc1ccccc1C(F)(F)F)O[C@H]2n1cnc2c(NC3CCCC3)ncnc21. The lowest BCUT2D eigenvalue weighted by Crippen LogP contribution is -2.28. The van der Waals surface area contributed by atoms with Crippen LogP contribution in [-0.2, 0) is 20.4 Å². The maximum Gasteiger partial charge on any atom is 0.417 e. The van der Waals surface area contributed by atoms with Gasteiger partial charge in [0.25, 0.3) is 0 Å². The van der Waals surface area contributed by atoms with E-state index in [0.29, 0.717) is 23.0 Å². The number of nitrogens with one attached hydrogen (secondary N) is 1. The van der Waals surface area contributed by atoms with Gasteiger partial charge < -0.3 is 19.5 Å². The highest BCUT2D eigenvalue weighted by molar-refractivity contribution is 5.82. The van der Waals surface area contributed by atoms with Gasteiger partial charge in [-0.05, 0) is 38.8 Å². The Kier molecular flexibility index (Phi) is 5.86. The summed E-state index contributed by atoms with van der Waals surface area (Å²) in [7, 11) is 0. The number of halogens is 3. The first-order valence-corrected chi connectivity index (χ1v) is 12.3. The predicted octanol–water partition coefficient (Wildman–Crippen LogP) is 4.67. The summed E-state index contributed by atoms with van der Waals surface area (Å²) in [6.45, 7) is 3.56. The van der Waals surface area contributed by atoms with Crippen molar-refractivity contribution in [2.24, 2.45) is 0 Å². The topological polar surface area (TPSA) is 83.3 Å². The van der Waals surface area contributed by atoms with Crippen molar-refractivity contribution in [3.63, 3.8) is 0 Å². The second-order valence-corrected chi connectivity index (χ2v) is 10.00. The highest BCUT2D eigenvalue weighted by Gasteiger charge is 2.56. The van der Waals surface area contributed by atoms with E-state index < -0.39 is 42.1 Å². The molecular weight excluding hydrogens is 487 g/mol. The fourth-order valence-electron chi connectivity index (χ4n) is 5.31. The van der Waals surface area contributed by atoms with E-state index in [1.54, 1.807) is 24.7 Å². The molecule has 1 N–H and O–H groups in total. The number of nitrogens with zero attached hydrogens (tertiary/aromatic N) is 4. The molecule has 37 heavy (non-hydrogen) atoms. The van der Waals surface area contributed by atoms with Crippen LogP contribution < -0.4 is 5.32 Å². The number of benzene rings is 1. The van der Waals surface area contributed by atoms with Gasteiger partial charge in [0.05, 0.1) is 11.9 Å². The lowest BCUT2D eigenvalue weighted by molar-refractivity contribution is -0.190. The summed E-state index contributed by atoms with van der Waals surface area (Å²) < 4.78 is 60.6. The lowest BCUT2D eigenvalue weighted by atomic mass is 10.1. The van der Waals surface area contributed by atoms with Crippen molar-refractivity contribution in [2.45, 2.75) is 82.1 Å². The molecule has 11 heteroatoms. The molecule has 8 nitrogen and oxygen atoms in total. The number of hydrogen-bond acceptors (Lipinski definition) is 7. The molecule has 3 fully saturated rings. The van der Waals surface area contributed by atoms with Crippen molar-refractivity contribution in [3.8, 4) is 11.8 Å². The molecule has 4 heterocycles. The zero-order valence-corrected chi connectivity index (χ0v) is 20.3. The molecule has 3 aromatic rings. The average molecular weight is 514 g/mol. The Morgan fingerprint density at radius 2 is 1.81 bits per heavy atom. The van der Waals surface area contributed by atoms with Gasteiger partial charge in [-0.3, -0.25) is 4.57 Å². The standard InChI is InChI=1S/C26H26F3N5O3/c1-25(2)36-20-18(12-11-15-7-3-6-10-17(15)26(27,28)29)35-24(21(20)37-25)34-14-32-19-22(30-13-31-23(19)34)33-16-8-4-5-9-16/h3,6-7,10,13-14,16,18,20-21,24H,4-5,8-9H2,1-2H3,(H,30,31,33)/t18-,20-,21+,24-/m1/s1. The van der Waals surface area contributed by atoms with Crippen LogP contribution in [0, 0.1) is 11.8 Å². The van der Waals surface area contributed by atoms with E-state index in [2.05, 4.69) is 32.1 Å². The van der Waals surface area contributed by atoms with E-state index in [-0.39, 0.29) is 5.56 Å². The summed E-state index contributed by atoms with van der Waals surface area (Å²) in [5, 5.41) is 3.47. The Bertz CT molecular complexity index is 1370. The number of hydrogen-bond donors (Lipinski definition) is 1. The van der Waals surface area contributed by atoms with Crippen LogP contribution in [0.15, 0.2) is 36.9 Å².